The molecule has 0 aliphatic heterocycles. The van der Waals surface area contributed by atoms with Crippen LogP contribution in [0.25, 0.3) is 0 Å². The summed E-state index contributed by atoms with van der Waals surface area (Å²) in [6.45, 7) is 9.51. The zero-order valence-electron chi connectivity index (χ0n) is 9.51. The van der Waals surface area contributed by atoms with E-state index in [1.54, 1.807) is 0 Å². The summed E-state index contributed by atoms with van der Waals surface area (Å²) in [4.78, 5) is 5.61. The first kappa shape index (κ1) is 12.9. The summed E-state index contributed by atoms with van der Waals surface area (Å²) in [5.41, 5.74) is 0. The van der Waals surface area contributed by atoms with Crippen molar-refractivity contribution in [3.63, 3.8) is 0 Å². The average Bonchev–Trinajstić information content (AvgIpc) is 2.16. The van der Waals surface area contributed by atoms with Crippen molar-refractivity contribution < 1.29 is 4.84 Å². The Hall–Kier alpha value is -0.0800. The van der Waals surface area contributed by atoms with Gasteiger partial charge in [-0.2, -0.15) is 5.06 Å². The molecule has 0 radical (unpaired) electrons. The van der Waals surface area contributed by atoms with Gasteiger partial charge in [-0.15, -0.1) is 0 Å². The summed E-state index contributed by atoms with van der Waals surface area (Å²) in [5.74, 6) is 0. The van der Waals surface area contributed by atoms with Gasteiger partial charge < -0.3 is 0 Å². The van der Waals surface area contributed by atoms with Crippen LogP contribution in [0.2, 0.25) is 0 Å². The SMILES string of the molecule is CCCCCCON(CC)CCC. The Kier molecular flexibility index (Phi) is 9.94. The number of hydrogen-bond donors (Lipinski definition) is 0. The summed E-state index contributed by atoms with van der Waals surface area (Å²) in [5, 5.41) is 2.06. The highest BCUT2D eigenvalue weighted by molar-refractivity contribution is 4.41. The van der Waals surface area contributed by atoms with Crippen LogP contribution in [0.1, 0.15) is 52.9 Å². The van der Waals surface area contributed by atoms with Crippen LogP contribution in [-0.2, 0) is 4.84 Å². The van der Waals surface area contributed by atoms with E-state index in [9.17, 15) is 0 Å². The van der Waals surface area contributed by atoms with E-state index < -0.39 is 0 Å². The first-order chi connectivity index (χ1) is 6.35. The average molecular weight is 187 g/mol. The molecule has 0 aliphatic rings. The van der Waals surface area contributed by atoms with Crippen LogP contribution in [-0.4, -0.2) is 24.8 Å². The summed E-state index contributed by atoms with van der Waals surface area (Å²) >= 11 is 0. The minimum absolute atomic E-state index is 0.897. The highest BCUT2D eigenvalue weighted by Crippen LogP contribution is 2.00. The second-order valence-electron chi connectivity index (χ2n) is 3.42. The Labute approximate surface area is 83.2 Å². The predicted octanol–water partition coefficient (Wildman–Crippen LogP) is 3.23. The van der Waals surface area contributed by atoms with Crippen molar-refractivity contribution >= 4 is 0 Å². The van der Waals surface area contributed by atoms with E-state index in [0.29, 0.717) is 0 Å². The molecule has 0 heterocycles. The Balaban J connectivity index is 3.17. The van der Waals surface area contributed by atoms with Crippen molar-refractivity contribution in [2.24, 2.45) is 0 Å². The Morgan fingerprint density at radius 3 is 2.23 bits per heavy atom. The van der Waals surface area contributed by atoms with E-state index >= 15 is 0 Å². The summed E-state index contributed by atoms with van der Waals surface area (Å²) < 4.78 is 0. The maximum absolute atomic E-state index is 5.61. The summed E-state index contributed by atoms with van der Waals surface area (Å²) in [6.07, 6.45) is 6.31. The van der Waals surface area contributed by atoms with Gasteiger partial charge in [0.05, 0.1) is 6.61 Å². The molecule has 0 aromatic carbocycles. The predicted molar refractivity (Wildman–Crippen MR) is 57.6 cm³/mol. The molecule has 2 nitrogen and oxygen atoms in total. The van der Waals surface area contributed by atoms with Crippen LogP contribution in [0.5, 0.6) is 0 Å². The van der Waals surface area contributed by atoms with Crippen molar-refractivity contribution in [1.29, 1.82) is 0 Å². The summed E-state index contributed by atoms with van der Waals surface area (Å²) in [6, 6.07) is 0. The highest BCUT2D eigenvalue weighted by Gasteiger charge is 1.99. The molecule has 0 aromatic rings. The largest absolute Gasteiger partial charge is 0.299 e. The molecule has 0 aromatic heterocycles. The number of hydrogen-bond acceptors (Lipinski definition) is 2. The number of hydroxylamine groups is 2. The lowest BCUT2D eigenvalue weighted by molar-refractivity contribution is -0.156. The molecule has 0 amide bonds. The summed E-state index contributed by atoms with van der Waals surface area (Å²) in [7, 11) is 0. The lowest BCUT2D eigenvalue weighted by Gasteiger charge is -2.18. The quantitative estimate of drug-likeness (QED) is 0.406. The molecule has 0 unspecified atom stereocenters. The van der Waals surface area contributed by atoms with Crippen LogP contribution in [0.15, 0.2) is 0 Å². The third kappa shape index (κ3) is 8.26. The Bertz CT molecular complexity index is 96.1. The molecule has 0 atom stereocenters. The van der Waals surface area contributed by atoms with Gasteiger partial charge in [0.1, 0.15) is 0 Å². The van der Waals surface area contributed by atoms with Gasteiger partial charge in [0.15, 0.2) is 0 Å². The van der Waals surface area contributed by atoms with Crippen molar-refractivity contribution in [2.75, 3.05) is 19.7 Å². The smallest absolute Gasteiger partial charge is 0.0685 e. The number of rotatable bonds is 9. The fraction of sp³-hybridized carbons (Fsp3) is 1.00. The topological polar surface area (TPSA) is 12.5 Å². The third-order valence-electron chi connectivity index (χ3n) is 2.10. The molecule has 0 fully saturated rings. The monoisotopic (exact) mass is 187 g/mol. The van der Waals surface area contributed by atoms with E-state index in [-0.39, 0.29) is 0 Å². The molecular weight excluding hydrogens is 162 g/mol. The zero-order valence-corrected chi connectivity index (χ0v) is 9.51. The van der Waals surface area contributed by atoms with Crippen LogP contribution in [0.4, 0.5) is 0 Å². The van der Waals surface area contributed by atoms with Gasteiger partial charge in [0.25, 0.3) is 0 Å². The van der Waals surface area contributed by atoms with E-state index in [1.165, 1.54) is 32.1 Å². The molecule has 0 saturated carbocycles. The molecule has 2 heteroatoms. The minimum atomic E-state index is 0.897. The molecule has 0 spiro atoms. The van der Waals surface area contributed by atoms with Crippen LogP contribution < -0.4 is 0 Å². The van der Waals surface area contributed by atoms with Gasteiger partial charge in [-0.25, -0.2) is 0 Å². The lowest BCUT2D eigenvalue weighted by Crippen LogP contribution is -2.25. The number of nitrogens with zero attached hydrogens (tertiary/aromatic N) is 1. The molecular formula is C11H25NO. The van der Waals surface area contributed by atoms with Gasteiger partial charge in [-0.05, 0) is 12.8 Å². The van der Waals surface area contributed by atoms with E-state index in [1.807, 2.05) is 0 Å². The van der Waals surface area contributed by atoms with E-state index in [4.69, 9.17) is 4.84 Å². The molecule has 0 bridgehead atoms. The fourth-order valence-corrected chi connectivity index (χ4v) is 1.29. The Morgan fingerprint density at radius 1 is 0.923 bits per heavy atom. The van der Waals surface area contributed by atoms with Crippen molar-refractivity contribution in [3.8, 4) is 0 Å². The first-order valence-corrected chi connectivity index (χ1v) is 5.73. The second kappa shape index (κ2) is 10.0. The molecule has 80 valence electrons. The van der Waals surface area contributed by atoms with Gasteiger partial charge in [-0.3, -0.25) is 4.84 Å². The molecule has 13 heavy (non-hydrogen) atoms. The normalized spacial score (nSPS) is 11.1. The van der Waals surface area contributed by atoms with E-state index in [0.717, 1.165) is 19.7 Å². The Morgan fingerprint density at radius 2 is 1.69 bits per heavy atom. The first-order valence-electron chi connectivity index (χ1n) is 5.73. The molecule has 0 N–H and O–H groups in total. The van der Waals surface area contributed by atoms with Gasteiger partial charge in [-0.1, -0.05) is 40.0 Å². The third-order valence-corrected chi connectivity index (χ3v) is 2.10. The molecule has 0 rings (SSSR count). The standard InChI is InChI=1S/C11H25NO/c1-4-7-8-9-11-13-12(6-3)10-5-2/h4-11H2,1-3H3. The van der Waals surface area contributed by atoms with Crippen molar-refractivity contribution in [2.45, 2.75) is 52.9 Å². The van der Waals surface area contributed by atoms with Crippen LogP contribution >= 0.6 is 0 Å². The van der Waals surface area contributed by atoms with E-state index in [2.05, 4.69) is 25.8 Å². The van der Waals surface area contributed by atoms with Gasteiger partial charge in [0, 0.05) is 13.1 Å². The van der Waals surface area contributed by atoms with Crippen molar-refractivity contribution in [3.05, 3.63) is 0 Å². The van der Waals surface area contributed by atoms with Crippen LogP contribution in [0.3, 0.4) is 0 Å². The van der Waals surface area contributed by atoms with Gasteiger partial charge in [0.2, 0.25) is 0 Å². The highest BCUT2D eigenvalue weighted by atomic mass is 16.7. The van der Waals surface area contributed by atoms with Gasteiger partial charge >= 0.3 is 0 Å². The number of unbranched alkanes of at least 4 members (excludes halogenated alkanes) is 3. The van der Waals surface area contributed by atoms with Crippen LogP contribution in [0, 0.1) is 0 Å². The fourth-order valence-electron chi connectivity index (χ4n) is 1.29. The van der Waals surface area contributed by atoms with Crippen molar-refractivity contribution in [1.82, 2.24) is 5.06 Å². The lowest BCUT2D eigenvalue weighted by atomic mass is 10.2. The minimum Gasteiger partial charge on any atom is -0.299 e. The maximum Gasteiger partial charge on any atom is 0.0685 e. The molecule has 0 aliphatic carbocycles. The molecule has 0 saturated heterocycles. The second-order valence-corrected chi connectivity index (χ2v) is 3.42. The zero-order chi connectivity index (χ0) is 9.94. The maximum atomic E-state index is 5.61.